The van der Waals surface area contributed by atoms with E-state index in [0.717, 1.165) is 42.6 Å². The molecule has 0 unspecified atom stereocenters. The van der Waals surface area contributed by atoms with E-state index in [2.05, 4.69) is 45.3 Å². The fourth-order valence-corrected chi connectivity index (χ4v) is 4.09. The van der Waals surface area contributed by atoms with Crippen LogP contribution in [0.25, 0.3) is 5.69 Å². The molecule has 2 aromatic carbocycles. The second-order valence-corrected chi connectivity index (χ2v) is 10.6. The molecular weight excluding hydrogens is 486 g/mol. The molecule has 0 aliphatic carbocycles. The van der Waals surface area contributed by atoms with E-state index in [1.165, 1.54) is 0 Å². The Labute approximate surface area is 225 Å². The average molecular weight is 524 g/mol. The highest BCUT2D eigenvalue weighted by atomic mass is 35.5. The molecule has 0 spiro atoms. The van der Waals surface area contributed by atoms with Crippen LogP contribution in [0.3, 0.4) is 0 Å². The summed E-state index contributed by atoms with van der Waals surface area (Å²) in [6, 6.07) is 16.7. The van der Waals surface area contributed by atoms with E-state index in [4.69, 9.17) is 16.7 Å². The van der Waals surface area contributed by atoms with Crippen LogP contribution in [0.1, 0.15) is 65.1 Å². The summed E-state index contributed by atoms with van der Waals surface area (Å²) in [5.74, 6) is 0.204. The lowest BCUT2D eigenvalue weighted by Crippen LogP contribution is -2.41. The van der Waals surface area contributed by atoms with Crippen molar-refractivity contribution in [3.8, 4) is 5.69 Å². The second kappa shape index (κ2) is 12.8. The van der Waals surface area contributed by atoms with Crippen LogP contribution in [0.2, 0.25) is 5.02 Å². The van der Waals surface area contributed by atoms with Gasteiger partial charge in [0.25, 0.3) is 0 Å². The number of nitrogens with zero attached hydrogens (tertiary/aromatic N) is 3. The summed E-state index contributed by atoms with van der Waals surface area (Å²) in [7, 11) is 0. The van der Waals surface area contributed by atoms with Gasteiger partial charge in [0, 0.05) is 23.7 Å². The molecule has 1 aromatic heterocycles. The van der Waals surface area contributed by atoms with Gasteiger partial charge in [0.2, 0.25) is 5.91 Å². The van der Waals surface area contributed by atoms with E-state index in [0.29, 0.717) is 23.1 Å². The molecule has 0 radical (unpaired) electrons. The SMILES string of the molecule is CCCCCN(CC(=O)Nc1cc(C(C)(C)C)nn1-c1ccccc1Cl)C(=O)Nc1cccc(CC)c1. The fraction of sp³-hybridized carbons (Fsp3) is 0.414. The maximum absolute atomic E-state index is 13.2. The molecule has 0 aliphatic rings. The van der Waals surface area contributed by atoms with Crippen LogP contribution in [0.5, 0.6) is 0 Å². The van der Waals surface area contributed by atoms with Crippen molar-refractivity contribution in [3.63, 3.8) is 0 Å². The van der Waals surface area contributed by atoms with Crippen molar-refractivity contribution in [3.05, 3.63) is 70.9 Å². The number of carbonyl (C=O) groups excluding carboxylic acids is 2. The number of benzene rings is 2. The standard InChI is InChI=1S/C29H38ClN5O2/c1-6-8-11-17-34(28(37)31-22-14-12-13-21(7-2)18-22)20-27(36)32-26-19-25(29(3,4)5)33-35(26)24-16-10-9-15-23(24)30/h9-10,12-16,18-19H,6-8,11,17,20H2,1-5H3,(H,31,37)(H,32,36). The number of nitrogens with one attached hydrogen (secondary N) is 2. The Balaban J connectivity index is 1.81. The number of hydrogen-bond donors (Lipinski definition) is 2. The van der Waals surface area contributed by atoms with Crippen molar-refractivity contribution in [2.75, 3.05) is 23.7 Å². The van der Waals surface area contributed by atoms with Crippen LogP contribution in [-0.4, -0.2) is 39.7 Å². The van der Waals surface area contributed by atoms with Gasteiger partial charge in [0.1, 0.15) is 12.4 Å². The molecule has 2 N–H and O–H groups in total. The van der Waals surface area contributed by atoms with Crippen molar-refractivity contribution >= 4 is 35.0 Å². The molecule has 1 heterocycles. The third-order valence-electron chi connectivity index (χ3n) is 6.07. The zero-order chi connectivity index (χ0) is 27.0. The molecule has 7 nitrogen and oxygen atoms in total. The molecule has 198 valence electrons. The van der Waals surface area contributed by atoms with Crippen LogP contribution in [-0.2, 0) is 16.6 Å². The first-order valence-electron chi connectivity index (χ1n) is 12.9. The maximum atomic E-state index is 13.2. The van der Waals surface area contributed by atoms with Gasteiger partial charge in [0.05, 0.1) is 16.4 Å². The Hall–Kier alpha value is -3.32. The second-order valence-electron chi connectivity index (χ2n) is 10.2. The number of aryl methyl sites for hydroxylation is 1. The van der Waals surface area contributed by atoms with E-state index in [1.807, 2.05) is 48.5 Å². The van der Waals surface area contributed by atoms with Crippen LogP contribution < -0.4 is 10.6 Å². The van der Waals surface area contributed by atoms with Gasteiger partial charge in [-0.3, -0.25) is 4.79 Å². The lowest BCUT2D eigenvalue weighted by molar-refractivity contribution is -0.116. The topological polar surface area (TPSA) is 79.3 Å². The number of hydrogen-bond acceptors (Lipinski definition) is 3. The minimum Gasteiger partial charge on any atom is -0.315 e. The summed E-state index contributed by atoms with van der Waals surface area (Å²) < 4.78 is 1.65. The van der Waals surface area contributed by atoms with Gasteiger partial charge < -0.3 is 15.5 Å². The van der Waals surface area contributed by atoms with E-state index in [9.17, 15) is 9.59 Å². The van der Waals surface area contributed by atoms with E-state index in [1.54, 1.807) is 15.6 Å². The number of halogens is 1. The molecule has 8 heteroatoms. The minimum absolute atomic E-state index is 0.0818. The fourth-order valence-electron chi connectivity index (χ4n) is 3.88. The molecule has 3 rings (SSSR count). The van der Waals surface area contributed by atoms with Crippen LogP contribution >= 0.6 is 11.6 Å². The molecule has 0 atom stereocenters. The molecule has 0 aliphatic heterocycles. The summed E-state index contributed by atoms with van der Waals surface area (Å²) in [4.78, 5) is 28.0. The summed E-state index contributed by atoms with van der Waals surface area (Å²) >= 11 is 6.45. The molecule has 3 amide bonds. The summed E-state index contributed by atoms with van der Waals surface area (Å²) in [6.07, 6.45) is 3.69. The number of aromatic nitrogens is 2. The Morgan fingerprint density at radius 3 is 2.43 bits per heavy atom. The van der Waals surface area contributed by atoms with Gasteiger partial charge in [-0.05, 0) is 42.7 Å². The third-order valence-corrected chi connectivity index (χ3v) is 6.39. The van der Waals surface area contributed by atoms with Gasteiger partial charge in [-0.2, -0.15) is 5.10 Å². The number of anilines is 2. The van der Waals surface area contributed by atoms with Crippen LogP contribution in [0.15, 0.2) is 54.6 Å². The Morgan fingerprint density at radius 2 is 1.76 bits per heavy atom. The van der Waals surface area contributed by atoms with E-state index in [-0.39, 0.29) is 23.9 Å². The average Bonchev–Trinajstić information content (AvgIpc) is 3.28. The van der Waals surface area contributed by atoms with Crippen molar-refractivity contribution in [2.45, 2.75) is 65.7 Å². The first-order valence-corrected chi connectivity index (χ1v) is 13.3. The normalized spacial score (nSPS) is 11.3. The molecule has 37 heavy (non-hydrogen) atoms. The van der Waals surface area contributed by atoms with Gasteiger partial charge in [0.15, 0.2) is 0 Å². The Bertz CT molecular complexity index is 1220. The van der Waals surface area contributed by atoms with Gasteiger partial charge in [-0.15, -0.1) is 0 Å². The summed E-state index contributed by atoms with van der Waals surface area (Å²) in [6.45, 7) is 10.8. The molecule has 0 fully saturated rings. The quantitative estimate of drug-likeness (QED) is 0.279. The molecule has 0 saturated carbocycles. The molecule has 3 aromatic rings. The Kier molecular flexibility index (Phi) is 9.75. The highest BCUT2D eigenvalue weighted by Crippen LogP contribution is 2.29. The van der Waals surface area contributed by atoms with E-state index < -0.39 is 0 Å². The number of carbonyl (C=O) groups is 2. The lowest BCUT2D eigenvalue weighted by Gasteiger charge is -2.23. The van der Waals surface area contributed by atoms with Crippen LogP contribution in [0, 0.1) is 0 Å². The lowest BCUT2D eigenvalue weighted by atomic mass is 9.92. The summed E-state index contributed by atoms with van der Waals surface area (Å²) in [5.41, 5.74) is 3.11. The smallest absolute Gasteiger partial charge is 0.315 e. The van der Waals surface area contributed by atoms with Crippen molar-refractivity contribution in [1.82, 2.24) is 14.7 Å². The number of para-hydroxylation sites is 1. The number of rotatable bonds is 10. The van der Waals surface area contributed by atoms with Crippen molar-refractivity contribution < 1.29 is 9.59 Å². The molecule has 0 bridgehead atoms. The van der Waals surface area contributed by atoms with Crippen molar-refractivity contribution in [2.24, 2.45) is 0 Å². The van der Waals surface area contributed by atoms with Gasteiger partial charge in [-0.1, -0.05) is 83.3 Å². The highest BCUT2D eigenvalue weighted by Gasteiger charge is 2.24. The first-order chi connectivity index (χ1) is 17.6. The number of unbranched alkanes of at least 4 members (excludes halogenated alkanes) is 2. The number of amides is 3. The third kappa shape index (κ3) is 7.83. The van der Waals surface area contributed by atoms with E-state index >= 15 is 0 Å². The van der Waals surface area contributed by atoms with Gasteiger partial charge in [-0.25, -0.2) is 9.48 Å². The maximum Gasteiger partial charge on any atom is 0.322 e. The zero-order valence-corrected chi connectivity index (χ0v) is 23.2. The van der Waals surface area contributed by atoms with Gasteiger partial charge >= 0.3 is 6.03 Å². The minimum atomic E-state index is -0.303. The van der Waals surface area contributed by atoms with Crippen molar-refractivity contribution in [1.29, 1.82) is 0 Å². The predicted octanol–water partition coefficient (Wildman–Crippen LogP) is 7.05. The first kappa shape index (κ1) is 28.3. The summed E-state index contributed by atoms with van der Waals surface area (Å²) in [5, 5.41) is 11.2. The monoisotopic (exact) mass is 523 g/mol. The zero-order valence-electron chi connectivity index (χ0n) is 22.5. The molecular formula is C29H38ClN5O2. The number of urea groups is 1. The van der Waals surface area contributed by atoms with Crippen LogP contribution in [0.4, 0.5) is 16.3 Å². The highest BCUT2D eigenvalue weighted by molar-refractivity contribution is 6.32. The Morgan fingerprint density at radius 1 is 1.00 bits per heavy atom. The largest absolute Gasteiger partial charge is 0.322 e. The molecule has 0 saturated heterocycles. The predicted molar refractivity (Wildman–Crippen MR) is 152 cm³/mol.